The molecule has 0 aromatic heterocycles. The van der Waals surface area contributed by atoms with Gasteiger partial charge >= 0.3 is 10.4 Å². The number of rotatable bonds is 6. The molecule has 0 saturated heterocycles. The fourth-order valence-electron chi connectivity index (χ4n) is 0.861. The van der Waals surface area contributed by atoms with Crippen molar-refractivity contribution in [1.82, 2.24) is 0 Å². The molecule has 0 fully saturated rings. The Labute approximate surface area is 79.6 Å². The SMILES string of the molecule is CCC=CCC(CC)OS(=O)(=O)O. The first-order chi connectivity index (χ1) is 5.99. The zero-order valence-electron chi connectivity index (χ0n) is 7.93. The third kappa shape index (κ3) is 7.95. The quantitative estimate of drug-likeness (QED) is 0.535. The van der Waals surface area contributed by atoms with Crippen molar-refractivity contribution >= 4 is 10.4 Å². The van der Waals surface area contributed by atoms with E-state index in [1.807, 2.05) is 19.1 Å². The van der Waals surface area contributed by atoms with E-state index in [2.05, 4.69) is 4.18 Å². The van der Waals surface area contributed by atoms with E-state index in [9.17, 15) is 8.42 Å². The van der Waals surface area contributed by atoms with Crippen molar-refractivity contribution in [3.8, 4) is 0 Å². The van der Waals surface area contributed by atoms with Crippen molar-refractivity contribution in [3.63, 3.8) is 0 Å². The molecule has 4 nitrogen and oxygen atoms in total. The fourth-order valence-corrected chi connectivity index (χ4v) is 1.42. The lowest BCUT2D eigenvalue weighted by Gasteiger charge is -2.09. The van der Waals surface area contributed by atoms with Crippen molar-refractivity contribution in [3.05, 3.63) is 12.2 Å². The first-order valence-corrected chi connectivity index (χ1v) is 5.66. The number of hydrogen-bond donors (Lipinski definition) is 1. The van der Waals surface area contributed by atoms with Crippen LogP contribution in [-0.4, -0.2) is 19.1 Å². The maximum atomic E-state index is 10.3. The summed E-state index contributed by atoms with van der Waals surface area (Å²) in [5, 5.41) is 0. The van der Waals surface area contributed by atoms with Crippen LogP contribution in [0.1, 0.15) is 33.1 Å². The number of allylic oxidation sites excluding steroid dienone is 1. The van der Waals surface area contributed by atoms with E-state index < -0.39 is 16.5 Å². The lowest BCUT2D eigenvalue weighted by molar-refractivity contribution is 0.180. The minimum atomic E-state index is -4.31. The molecule has 0 spiro atoms. The van der Waals surface area contributed by atoms with Crippen LogP contribution in [0, 0.1) is 0 Å². The van der Waals surface area contributed by atoms with Crippen molar-refractivity contribution < 1.29 is 17.2 Å². The van der Waals surface area contributed by atoms with Crippen LogP contribution in [0.15, 0.2) is 12.2 Å². The highest BCUT2D eigenvalue weighted by Gasteiger charge is 2.13. The Balaban J connectivity index is 3.97. The van der Waals surface area contributed by atoms with E-state index in [1.54, 1.807) is 6.92 Å². The molecule has 0 aliphatic heterocycles. The predicted octanol–water partition coefficient (Wildman–Crippen LogP) is 1.94. The molecule has 0 aromatic rings. The van der Waals surface area contributed by atoms with Gasteiger partial charge in [-0.05, 0) is 19.3 Å². The highest BCUT2D eigenvalue weighted by atomic mass is 32.3. The maximum Gasteiger partial charge on any atom is 0.397 e. The Hall–Kier alpha value is -0.390. The van der Waals surface area contributed by atoms with Crippen molar-refractivity contribution in [2.45, 2.75) is 39.2 Å². The van der Waals surface area contributed by atoms with Crippen LogP contribution in [0.3, 0.4) is 0 Å². The molecule has 0 amide bonds. The molecule has 1 N–H and O–H groups in total. The monoisotopic (exact) mass is 208 g/mol. The molecule has 0 bridgehead atoms. The largest absolute Gasteiger partial charge is 0.397 e. The van der Waals surface area contributed by atoms with E-state index in [0.717, 1.165) is 6.42 Å². The van der Waals surface area contributed by atoms with Crippen LogP contribution in [0.25, 0.3) is 0 Å². The second-order valence-corrected chi connectivity index (χ2v) is 3.72. The summed E-state index contributed by atoms with van der Waals surface area (Å²) in [6, 6.07) is 0. The van der Waals surface area contributed by atoms with Gasteiger partial charge in [0.2, 0.25) is 0 Å². The molecule has 0 aromatic carbocycles. The van der Waals surface area contributed by atoms with Gasteiger partial charge in [0.25, 0.3) is 0 Å². The molecule has 5 heteroatoms. The maximum absolute atomic E-state index is 10.3. The predicted molar refractivity (Wildman–Crippen MR) is 50.8 cm³/mol. The van der Waals surface area contributed by atoms with Gasteiger partial charge in [-0.3, -0.25) is 4.55 Å². The Bertz CT molecular complexity index is 243. The standard InChI is InChI=1S/C8H16O4S/c1-3-5-6-7-8(4-2)12-13(9,10)11/h5-6,8H,3-4,7H2,1-2H3,(H,9,10,11). The highest BCUT2D eigenvalue weighted by molar-refractivity contribution is 7.80. The molecule has 0 heterocycles. The minimum Gasteiger partial charge on any atom is -0.264 e. The summed E-state index contributed by atoms with van der Waals surface area (Å²) in [5.41, 5.74) is 0. The Kier molecular flexibility index (Phi) is 5.94. The molecular formula is C8H16O4S. The zero-order chi connectivity index (χ0) is 10.3. The van der Waals surface area contributed by atoms with Crippen LogP contribution in [-0.2, 0) is 14.6 Å². The van der Waals surface area contributed by atoms with Crippen LogP contribution in [0.4, 0.5) is 0 Å². The van der Waals surface area contributed by atoms with Crippen molar-refractivity contribution in [1.29, 1.82) is 0 Å². The summed E-state index contributed by atoms with van der Waals surface area (Å²) in [6.07, 6.45) is 5.27. The molecule has 0 aliphatic rings. The Morgan fingerprint density at radius 3 is 2.38 bits per heavy atom. The molecule has 0 saturated carbocycles. The normalized spacial score (nSPS) is 15.0. The number of hydrogen-bond acceptors (Lipinski definition) is 3. The fraction of sp³-hybridized carbons (Fsp3) is 0.750. The van der Waals surface area contributed by atoms with Gasteiger partial charge < -0.3 is 0 Å². The van der Waals surface area contributed by atoms with Crippen LogP contribution < -0.4 is 0 Å². The molecule has 78 valence electrons. The van der Waals surface area contributed by atoms with Crippen LogP contribution >= 0.6 is 0 Å². The first kappa shape index (κ1) is 12.6. The average molecular weight is 208 g/mol. The van der Waals surface area contributed by atoms with Gasteiger partial charge in [-0.15, -0.1) is 0 Å². The van der Waals surface area contributed by atoms with Crippen molar-refractivity contribution in [2.75, 3.05) is 0 Å². The summed E-state index contributed by atoms with van der Waals surface area (Å²) in [6.45, 7) is 3.79. The highest BCUT2D eigenvalue weighted by Crippen LogP contribution is 2.07. The van der Waals surface area contributed by atoms with Gasteiger partial charge in [-0.25, -0.2) is 4.18 Å². The minimum absolute atomic E-state index is 0.460. The summed E-state index contributed by atoms with van der Waals surface area (Å²) >= 11 is 0. The second-order valence-electron chi connectivity index (χ2n) is 2.67. The van der Waals surface area contributed by atoms with Gasteiger partial charge in [0.15, 0.2) is 0 Å². The average Bonchev–Trinajstić information content (AvgIpc) is 2.01. The molecule has 1 unspecified atom stereocenters. The molecular weight excluding hydrogens is 192 g/mol. The van der Waals surface area contributed by atoms with E-state index in [0.29, 0.717) is 12.8 Å². The summed E-state index contributed by atoms with van der Waals surface area (Å²) in [4.78, 5) is 0. The molecule has 1 atom stereocenters. The van der Waals surface area contributed by atoms with E-state index in [4.69, 9.17) is 4.55 Å². The van der Waals surface area contributed by atoms with Crippen molar-refractivity contribution in [2.24, 2.45) is 0 Å². The van der Waals surface area contributed by atoms with E-state index >= 15 is 0 Å². The van der Waals surface area contributed by atoms with Crippen LogP contribution in [0.5, 0.6) is 0 Å². The van der Waals surface area contributed by atoms with Crippen LogP contribution in [0.2, 0.25) is 0 Å². The van der Waals surface area contributed by atoms with E-state index in [-0.39, 0.29) is 0 Å². The molecule has 0 radical (unpaired) electrons. The van der Waals surface area contributed by atoms with Gasteiger partial charge in [-0.1, -0.05) is 26.0 Å². The van der Waals surface area contributed by atoms with Gasteiger partial charge in [0.1, 0.15) is 0 Å². The molecule has 0 aliphatic carbocycles. The van der Waals surface area contributed by atoms with Gasteiger partial charge in [0, 0.05) is 0 Å². The van der Waals surface area contributed by atoms with Gasteiger partial charge in [-0.2, -0.15) is 8.42 Å². The topological polar surface area (TPSA) is 63.6 Å². The lowest BCUT2D eigenvalue weighted by atomic mass is 10.2. The third-order valence-corrected chi connectivity index (χ3v) is 2.03. The summed E-state index contributed by atoms with van der Waals surface area (Å²) in [5.74, 6) is 0. The summed E-state index contributed by atoms with van der Waals surface area (Å²) < 4.78 is 33.5. The first-order valence-electron chi connectivity index (χ1n) is 4.30. The zero-order valence-corrected chi connectivity index (χ0v) is 8.75. The Morgan fingerprint density at radius 2 is 2.00 bits per heavy atom. The molecule has 13 heavy (non-hydrogen) atoms. The third-order valence-electron chi connectivity index (χ3n) is 1.51. The Morgan fingerprint density at radius 1 is 1.38 bits per heavy atom. The van der Waals surface area contributed by atoms with E-state index in [1.165, 1.54) is 0 Å². The lowest BCUT2D eigenvalue weighted by Crippen LogP contribution is -2.16. The second kappa shape index (κ2) is 6.12. The summed E-state index contributed by atoms with van der Waals surface area (Å²) in [7, 11) is -4.31. The van der Waals surface area contributed by atoms with Gasteiger partial charge in [0.05, 0.1) is 6.10 Å². The smallest absolute Gasteiger partial charge is 0.264 e. The molecule has 0 rings (SSSR count).